The number of imidazole rings is 1. The molecule has 1 aromatic heterocycles. The minimum absolute atomic E-state index is 0.268. The lowest BCUT2D eigenvalue weighted by molar-refractivity contribution is 0.0263. The summed E-state index contributed by atoms with van der Waals surface area (Å²) in [4.78, 5) is 16.2. The highest BCUT2D eigenvalue weighted by atomic mass is 16.3. The summed E-state index contributed by atoms with van der Waals surface area (Å²) in [5.74, 6) is 0.101. The Morgan fingerprint density at radius 1 is 1.44 bits per heavy atom. The fourth-order valence-corrected chi connectivity index (χ4v) is 1.72. The number of aromatic nitrogens is 2. The predicted octanol–water partition coefficient (Wildman–Crippen LogP) is 2.03. The van der Waals surface area contributed by atoms with Gasteiger partial charge in [-0.25, -0.2) is 4.98 Å². The Hall–Kier alpha value is -1.16. The minimum Gasteiger partial charge on any atom is -0.382 e. The Morgan fingerprint density at radius 3 is 2.56 bits per heavy atom. The molecule has 90 valence electrons. The van der Waals surface area contributed by atoms with Crippen molar-refractivity contribution in [2.24, 2.45) is 0 Å². The molecule has 1 N–H and O–H groups in total. The molecule has 0 spiro atoms. The average molecular weight is 224 g/mol. The van der Waals surface area contributed by atoms with Gasteiger partial charge in [0.2, 0.25) is 5.78 Å². The Kier molecular flexibility index (Phi) is 4.24. The SMILES string of the molecule is CCCn1ccnc1C(=O)C(O)(CC)CC. The van der Waals surface area contributed by atoms with Crippen LogP contribution in [-0.2, 0) is 6.54 Å². The minimum atomic E-state index is -1.27. The molecular weight excluding hydrogens is 204 g/mol. The Bertz CT molecular complexity index is 354. The molecule has 0 bridgehead atoms. The lowest BCUT2D eigenvalue weighted by Crippen LogP contribution is -2.38. The van der Waals surface area contributed by atoms with Crippen LogP contribution in [0.2, 0.25) is 0 Å². The van der Waals surface area contributed by atoms with Gasteiger partial charge in [-0.2, -0.15) is 0 Å². The van der Waals surface area contributed by atoms with Crippen LogP contribution in [-0.4, -0.2) is 26.0 Å². The summed E-state index contributed by atoms with van der Waals surface area (Å²) in [6, 6.07) is 0. The van der Waals surface area contributed by atoms with E-state index in [2.05, 4.69) is 4.98 Å². The van der Waals surface area contributed by atoms with Gasteiger partial charge in [0, 0.05) is 18.9 Å². The summed E-state index contributed by atoms with van der Waals surface area (Å²) >= 11 is 0. The van der Waals surface area contributed by atoms with E-state index in [9.17, 15) is 9.90 Å². The standard InChI is InChI=1S/C12H20N2O2/c1-4-8-14-9-7-13-11(14)10(15)12(16,5-2)6-3/h7,9,16H,4-6,8H2,1-3H3. The van der Waals surface area contributed by atoms with Gasteiger partial charge in [-0.05, 0) is 19.3 Å². The maximum Gasteiger partial charge on any atom is 0.229 e. The van der Waals surface area contributed by atoms with Gasteiger partial charge in [0.15, 0.2) is 5.82 Å². The summed E-state index contributed by atoms with van der Waals surface area (Å²) in [5.41, 5.74) is -1.27. The summed E-state index contributed by atoms with van der Waals surface area (Å²) in [5, 5.41) is 10.2. The molecule has 4 nitrogen and oxygen atoms in total. The van der Waals surface area contributed by atoms with E-state index >= 15 is 0 Å². The number of carbonyl (C=O) groups is 1. The van der Waals surface area contributed by atoms with Crippen molar-refractivity contribution in [1.82, 2.24) is 9.55 Å². The van der Waals surface area contributed by atoms with Gasteiger partial charge in [-0.3, -0.25) is 4.79 Å². The zero-order chi connectivity index (χ0) is 12.2. The molecule has 1 heterocycles. The lowest BCUT2D eigenvalue weighted by Gasteiger charge is -2.23. The molecule has 0 aliphatic heterocycles. The molecule has 0 saturated carbocycles. The van der Waals surface area contributed by atoms with Gasteiger partial charge >= 0.3 is 0 Å². The first kappa shape index (κ1) is 12.9. The summed E-state index contributed by atoms with van der Waals surface area (Å²) < 4.78 is 1.80. The molecule has 4 heteroatoms. The third-order valence-corrected chi connectivity index (χ3v) is 2.98. The van der Waals surface area contributed by atoms with Gasteiger partial charge in [-0.1, -0.05) is 20.8 Å². The van der Waals surface area contributed by atoms with Crippen LogP contribution in [0.5, 0.6) is 0 Å². The Balaban J connectivity index is 2.99. The van der Waals surface area contributed by atoms with E-state index in [1.807, 2.05) is 20.8 Å². The number of hydrogen-bond acceptors (Lipinski definition) is 3. The maximum absolute atomic E-state index is 12.2. The highest BCUT2D eigenvalue weighted by Gasteiger charge is 2.35. The highest BCUT2D eigenvalue weighted by Crippen LogP contribution is 2.20. The molecule has 0 amide bonds. The lowest BCUT2D eigenvalue weighted by atomic mass is 9.92. The predicted molar refractivity (Wildman–Crippen MR) is 62.4 cm³/mol. The largest absolute Gasteiger partial charge is 0.382 e. The van der Waals surface area contributed by atoms with Crippen molar-refractivity contribution in [2.45, 2.75) is 52.2 Å². The topological polar surface area (TPSA) is 55.1 Å². The van der Waals surface area contributed by atoms with E-state index in [-0.39, 0.29) is 5.78 Å². The van der Waals surface area contributed by atoms with Crippen molar-refractivity contribution in [1.29, 1.82) is 0 Å². The third-order valence-electron chi connectivity index (χ3n) is 2.98. The molecule has 1 aromatic rings. The zero-order valence-electron chi connectivity index (χ0n) is 10.2. The second-order valence-electron chi connectivity index (χ2n) is 4.01. The quantitative estimate of drug-likeness (QED) is 0.752. The van der Waals surface area contributed by atoms with Gasteiger partial charge in [0.1, 0.15) is 5.60 Å². The molecular formula is C12H20N2O2. The fourth-order valence-electron chi connectivity index (χ4n) is 1.72. The maximum atomic E-state index is 12.2. The van der Waals surface area contributed by atoms with E-state index in [4.69, 9.17) is 0 Å². The summed E-state index contributed by atoms with van der Waals surface area (Å²) in [6.45, 7) is 6.42. The normalized spacial score (nSPS) is 11.8. The monoisotopic (exact) mass is 224 g/mol. The van der Waals surface area contributed by atoms with Gasteiger partial charge in [-0.15, -0.1) is 0 Å². The van der Waals surface area contributed by atoms with Crippen molar-refractivity contribution < 1.29 is 9.90 Å². The smallest absolute Gasteiger partial charge is 0.229 e. The first-order chi connectivity index (χ1) is 7.59. The second kappa shape index (κ2) is 5.25. The number of ketones is 1. The Labute approximate surface area is 96.3 Å². The molecule has 0 saturated heterocycles. The molecule has 0 unspecified atom stereocenters. The van der Waals surface area contributed by atoms with Gasteiger partial charge < -0.3 is 9.67 Å². The number of carbonyl (C=O) groups excluding carboxylic acids is 1. The fraction of sp³-hybridized carbons (Fsp3) is 0.667. The van der Waals surface area contributed by atoms with Crippen LogP contribution in [0.1, 0.15) is 50.7 Å². The second-order valence-corrected chi connectivity index (χ2v) is 4.01. The highest BCUT2D eigenvalue weighted by molar-refractivity contribution is 5.99. The van der Waals surface area contributed by atoms with Crippen LogP contribution in [0.15, 0.2) is 12.4 Å². The molecule has 0 atom stereocenters. The molecule has 0 aliphatic carbocycles. The van der Waals surface area contributed by atoms with Crippen LogP contribution in [0, 0.1) is 0 Å². The van der Waals surface area contributed by atoms with E-state index in [1.165, 1.54) is 0 Å². The third kappa shape index (κ3) is 2.32. The molecule has 0 radical (unpaired) electrons. The van der Waals surface area contributed by atoms with E-state index < -0.39 is 5.60 Å². The van der Waals surface area contributed by atoms with Crippen LogP contribution in [0.4, 0.5) is 0 Å². The number of nitrogens with zero attached hydrogens (tertiary/aromatic N) is 2. The van der Waals surface area contributed by atoms with Gasteiger partial charge in [0.25, 0.3) is 0 Å². The van der Waals surface area contributed by atoms with E-state index in [1.54, 1.807) is 17.0 Å². The number of hydrogen-bond donors (Lipinski definition) is 1. The van der Waals surface area contributed by atoms with Crippen LogP contribution in [0.3, 0.4) is 0 Å². The van der Waals surface area contributed by atoms with Crippen molar-refractivity contribution in [3.05, 3.63) is 18.2 Å². The van der Waals surface area contributed by atoms with Crippen molar-refractivity contribution in [3.63, 3.8) is 0 Å². The summed E-state index contributed by atoms with van der Waals surface area (Å²) in [7, 11) is 0. The molecule has 0 aromatic carbocycles. The molecule has 0 aliphatic rings. The first-order valence-corrected chi connectivity index (χ1v) is 5.87. The zero-order valence-corrected chi connectivity index (χ0v) is 10.2. The molecule has 16 heavy (non-hydrogen) atoms. The Morgan fingerprint density at radius 2 is 2.06 bits per heavy atom. The van der Waals surface area contributed by atoms with Crippen molar-refractivity contribution in [2.75, 3.05) is 0 Å². The van der Waals surface area contributed by atoms with Crippen LogP contribution < -0.4 is 0 Å². The van der Waals surface area contributed by atoms with Gasteiger partial charge in [0.05, 0.1) is 0 Å². The number of aryl methyl sites for hydroxylation is 1. The molecule has 0 fully saturated rings. The van der Waals surface area contributed by atoms with Crippen LogP contribution >= 0.6 is 0 Å². The summed E-state index contributed by atoms with van der Waals surface area (Å²) in [6.07, 6.45) is 5.16. The van der Waals surface area contributed by atoms with Crippen molar-refractivity contribution >= 4 is 5.78 Å². The van der Waals surface area contributed by atoms with E-state index in [0.29, 0.717) is 18.7 Å². The van der Waals surface area contributed by atoms with Crippen LogP contribution in [0.25, 0.3) is 0 Å². The first-order valence-electron chi connectivity index (χ1n) is 5.87. The average Bonchev–Trinajstić information content (AvgIpc) is 2.75. The number of aliphatic hydroxyl groups is 1. The van der Waals surface area contributed by atoms with Crippen molar-refractivity contribution in [3.8, 4) is 0 Å². The van der Waals surface area contributed by atoms with E-state index in [0.717, 1.165) is 13.0 Å². The molecule has 1 rings (SSSR count). The number of rotatable bonds is 6. The number of Topliss-reactive ketones (excluding diaryl/α,β-unsaturated/α-hetero) is 1.